The lowest BCUT2D eigenvalue weighted by Gasteiger charge is -2.27. The highest BCUT2D eigenvalue weighted by atomic mass is 16.5. The second kappa shape index (κ2) is 11.0. The van der Waals surface area contributed by atoms with Crippen LogP contribution in [0.1, 0.15) is 51.6 Å². The molecule has 34 heavy (non-hydrogen) atoms. The third kappa shape index (κ3) is 5.31. The molecule has 3 rings (SSSR count). The third-order valence-electron chi connectivity index (χ3n) is 5.68. The zero-order valence-electron chi connectivity index (χ0n) is 20.0. The van der Waals surface area contributed by atoms with Gasteiger partial charge in [-0.2, -0.15) is 0 Å². The van der Waals surface area contributed by atoms with Gasteiger partial charge in [0.1, 0.15) is 5.75 Å². The lowest BCUT2D eigenvalue weighted by molar-refractivity contribution is -0.118. The fraction of sp³-hybridized carbons (Fsp3) is 0.400. The topological polar surface area (TPSA) is 111 Å². The van der Waals surface area contributed by atoms with Gasteiger partial charge in [0.05, 0.1) is 38.0 Å². The Hall–Kier alpha value is -3.59. The van der Waals surface area contributed by atoms with Gasteiger partial charge in [0.2, 0.25) is 5.91 Å². The van der Waals surface area contributed by atoms with Gasteiger partial charge in [0.25, 0.3) is 11.8 Å². The number of hydrogen-bond donors (Lipinski definition) is 1. The molecule has 3 amide bonds. The third-order valence-corrected chi connectivity index (χ3v) is 5.68. The minimum absolute atomic E-state index is 0.000307. The van der Waals surface area contributed by atoms with Crippen LogP contribution in [-0.2, 0) is 4.79 Å². The number of nitrogens with two attached hydrogens (primary N) is 1. The maximum Gasteiger partial charge on any atom is 0.265 e. The molecule has 2 aromatic carbocycles. The largest absolute Gasteiger partial charge is 0.493 e. The van der Waals surface area contributed by atoms with E-state index in [2.05, 4.69) is 0 Å². The molecule has 0 spiro atoms. The fourth-order valence-corrected chi connectivity index (χ4v) is 4.02. The summed E-state index contributed by atoms with van der Waals surface area (Å²) >= 11 is 0. The minimum Gasteiger partial charge on any atom is -0.493 e. The number of carbonyl (C=O) groups is 3. The van der Waals surface area contributed by atoms with Crippen molar-refractivity contribution in [2.24, 2.45) is 5.73 Å². The molecule has 1 aliphatic rings. The molecule has 0 saturated heterocycles. The van der Waals surface area contributed by atoms with E-state index in [4.69, 9.17) is 19.9 Å². The zero-order valence-corrected chi connectivity index (χ0v) is 20.0. The average Bonchev–Trinajstić information content (AvgIpc) is 3.07. The van der Waals surface area contributed by atoms with Gasteiger partial charge >= 0.3 is 0 Å². The van der Waals surface area contributed by atoms with Gasteiger partial charge in [-0.1, -0.05) is 12.1 Å². The maximum absolute atomic E-state index is 13.6. The molecule has 0 radical (unpaired) electrons. The van der Waals surface area contributed by atoms with Crippen LogP contribution in [0.25, 0.3) is 0 Å². The molecule has 0 fully saturated rings. The first-order chi connectivity index (χ1) is 16.3. The molecule has 2 aromatic rings. The van der Waals surface area contributed by atoms with Crippen LogP contribution in [0.4, 0.5) is 0 Å². The number of rotatable bonds is 12. The van der Waals surface area contributed by atoms with Crippen molar-refractivity contribution in [2.75, 3.05) is 41.5 Å². The van der Waals surface area contributed by atoms with Crippen LogP contribution < -0.4 is 19.9 Å². The van der Waals surface area contributed by atoms with Crippen LogP contribution in [0, 0.1) is 0 Å². The van der Waals surface area contributed by atoms with Crippen molar-refractivity contribution in [2.45, 2.75) is 25.3 Å². The molecule has 1 aliphatic heterocycles. The van der Waals surface area contributed by atoms with E-state index in [1.165, 1.54) is 19.1 Å². The quantitative estimate of drug-likeness (QED) is 0.376. The highest BCUT2D eigenvalue weighted by molar-refractivity contribution is 6.22. The number of imide groups is 1. The van der Waals surface area contributed by atoms with E-state index in [0.29, 0.717) is 29.4 Å². The van der Waals surface area contributed by atoms with E-state index in [1.54, 1.807) is 36.4 Å². The number of nitrogens with zero attached hydrogens (tertiary/aromatic N) is 2. The summed E-state index contributed by atoms with van der Waals surface area (Å²) in [6.45, 7) is 1.25. The Kier molecular flexibility index (Phi) is 8.12. The number of amides is 3. The second-order valence-corrected chi connectivity index (χ2v) is 8.30. The van der Waals surface area contributed by atoms with E-state index >= 15 is 0 Å². The molecule has 0 bridgehead atoms. The molecular weight excluding hydrogens is 438 g/mol. The Morgan fingerprint density at radius 2 is 1.76 bits per heavy atom. The first kappa shape index (κ1) is 25.0. The van der Waals surface area contributed by atoms with Crippen molar-refractivity contribution in [1.82, 2.24) is 9.80 Å². The Balaban J connectivity index is 1.95. The lowest BCUT2D eigenvalue weighted by Crippen LogP contribution is -2.35. The first-order valence-corrected chi connectivity index (χ1v) is 11.1. The maximum atomic E-state index is 13.6. The van der Waals surface area contributed by atoms with Gasteiger partial charge in [-0.3, -0.25) is 19.3 Å². The average molecular weight is 470 g/mol. The SMILES string of the molecule is COc1ccc(C(CCC(N)=O)N2C(=O)c3cccc(OCCCN(C)C)c3C2=O)cc1OC. The summed E-state index contributed by atoms with van der Waals surface area (Å²) in [5, 5.41) is 0. The van der Waals surface area contributed by atoms with Crippen molar-refractivity contribution in [1.29, 1.82) is 0 Å². The van der Waals surface area contributed by atoms with Crippen LogP contribution in [0.2, 0.25) is 0 Å². The normalized spacial score (nSPS) is 13.7. The van der Waals surface area contributed by atoms with Crippen LogP contribution in [0.5, 0.6) is 17.2 Å². The summed E-state index contributed by atoms with van der Waals surface area (Å²) in [5.74, 6) is -0.0956. The highest BCUT2D eigenvalue weighted by Crippen LogP contribution is 2.40. The summed E-state index contributed by atoms with van der Waals surface area (Å²) in [5.41, 5.74) is 6.53. The molecule has 1 heterocycles. The van der Waals surface area contributed by atoms with Crippen LogP contribution in [0.3, 0.4) is 0 Å². The van der Waals surface area contributed by atoms with Crippen LogP contribution in [-0.4, -0.2) is 69.0 Å². The van der Waals surface area contributed by atoms with Gasteiger partial charge in [0, 0.05) is 13.0 Å². The van der Waals surface area contributed by atoms with E-state index in [1.807, 2.05) is 19.0 Å². The molecular formula is C25H31N3O6. The first-order valence-electron chi connectivity index (χ1n) is 11.1. The van der Waals surface area contributed by atoms with E-state index in [0.717, 1.165) is 13.0 Å². The molecule has 0 saturated carbocycles. The summed E-state index contributed by atoms with van der Waals surface area (Å²) in [4.78, 5) is 41.7. The monoisotopic (exact) mass is 469 g/mol. The summed E-state index contributed by atoms with van der Waals surface area (Å²) < 4.78 is 16.6. The van der Waals surface area contributed by atoms with Gasteiger partial charge in [0.15, 0.2) is 11.5 Å². The van der Waals surface area contributed by atoms with E-state index < -0.39 is 23.8 Å². The summed E-state index contributed by atoms with van der Waals surface area (Å²) in [6.07, 6.45) is 0.949. The minimum atomic E-state index is -0.721. The van der Waals surface area contributed by atoms with Crippen molar-refractivity contribution in [3.63, 3.8) is 0 Å². The lowest BCUT2D eigenvalue weighted by atomic mass is 9.99. The predicted octanol–water partition coefficient (Wildman–Crippen LogP) is 2.64. The molecule has 182 valence electrons. The van der Waals surface area contributed by atoms with E-state index in [9.17, 15) is 14.4 Å². The molecule has 0 aromatic heterocycles. The Labute approximate surface area is 199 Å². The van der Waals surface area contributed by atoms with Crippen molar-refractivity contribution >= 4 is 17.7 Å². The number of primary amides is 1. The zero-order chi connectivity index (χ0) is 24.8. The molecule has 2 N–H and O–H groups in total. The Morgan fingerprint density at radius 1 is 1.03 bits per heavy atom. The van der Waals surface area contributed by atoms with Gasteiger partial charge in [-0.25, -0.2) is 0 Å². The summed E-state index contributed by atoms with van der Waals surface area (Å²) in [6, 6.07) is 9.43. The fourth-order valence-electron chi connectivity index (χ4n) is 4.02. The molecule has 1 atom stereocenters. The Bertz CT molecular complexity index is 1070. The van der Waals surface area contributed by atoms with Gasteiger partial charge in [-0.15, -0.1) is 0 Å². The summed E-state index contributed by atoms with van der Waals surface area (Å²) in [7, 11) is 6.97. The van der Waals surface area contributed by atoms with Crippen LogP contribution in [0.15, 0.2) is 36.4 Å². The highest BCUT2D eigenvalue weighted by Gasteiger charge is 2.42. The number of ether oxygens (including phenoxy) is 3. The van der Waals surface area contributed by atoms with Gasteiger partial charge in [-0.05, 0) is 56.8 Å². The number of fused-ring (bicyclic) bond motifs is 1. The van der Waals surface area contributed by atoms with Crippen molar-refractivity contribution in [3.05, 3.63) is 53.1 Å². The van der Waals surface area contributed by atoms with Crippen LogP contribution >= 0.6 is 0 Å². The van der Waals surface area contributed by atoms with E-state index in [-0.39, 0.29) is 24.0 Å². The standard InChI is InChI=1S/C25H31N3O6/c1-27(2)13-6-14-34-20-8-5-7-17-23(20)25(31)28(24(17)30)18(10-12-22(26)29)16-9-11-19(32-3)21(15-16)33-4/h5,7-9,11,15,18H,6,10,12-14H2,1-4H3,(H2,26,29). The number of benzene rings is 2. The smallest absolute Gasteiger partial charge is 0.265 e. The molecule has 9 nitrogen and oxygen atoms in total. The van der Waals surface area contributed by atoms with Crippen molar-refractivity contribution in [3.8, 4) is 17.2 Å². The molecule has 1 unspecified atom stereocenters. The molecule has 9 heteroatoms. The number of methoxy groups -OCH3 is 2. The Morgan fingerprint density at radius 3 is 2.41 bits per heavy atom. The predicted molar refractivity (Wildman–Crippen MR) is 126 cm³/mol. The second-order valence-electron chi connectivity index (χ2n) is 8.30. The van der Waals surface area contributed by atoms with Gasteiger partial charge < -0.3 is 24.8 Å². The number of carbonyl (C=O) groups excluding carboxylic acids is 3. The van der Waals surface area contributed by atoms with Crippen molar-refractivity contribution < 1.29 is 28.6 Å². The number of hydrogen-bond acceptors (Lipinski definition) is 7. The molecule has 0 aliphatic carbocycles.